The Morgan fingerprint density at radius 1 is 1.16 bits per heavy atom. The number of piperidine rings is 1. The van der Waals surface area contributed by atoms with E-state index in [-0.39, 0.29) is 0 Å². The van der Waals surface area contributed by atoms with Gasteiger partial charge in [0.1, 0.15) is 12.2 Å². The zero-order valence-corrected chi connectivity index (χ0v) is 15.3. The summed E-state index contributed by atoms with van der Waals surface area (Å²) in [5.74, 6) is 1.78. The molecule has 25 heavy (non-hydrogen) atoms. The number of hydrogen-bond acceptors (Lipinski definition) is 3. The number of amides is 1. The molecular formula is C20H28N4O. The van der Waals surface area contributed by atoms with Crippen molar-refractivity contribution in [2.75, 3.05) is 13.1 Å². The van der Waals surface area contributed by atoms with Gasteiger partial charge >= 0.3 is 0 Å². The molecule has 0 radical (unpaired) electrons. The van der Waals surface area contributed by atoms with Gasteiger partial charge in [0, 0.05) is 32.5 Å². The maximum absolute atomic E-state index is 12.4. The van der Waals surface area contributed by atoms with E-state index in [1.54, 1.807) is 6.33 Å². The molecule has 2 aromatic rings. The van der Waals surface area contributed by atoms with Crippen molar-refractivity contribution in [2.45, 2.75) is 51.4 Å². The van der Waals surface area contributed by atoms with E-state index in [2.05, 4.69) is 41.4 Å². The Morgan fingerprint density at radius 2 is 1.88 bits per heavy atom. The SMILES string of the molecule is Cc1ccc(CCCCC(=O)N2CCC(c3nncn3C)CC2)cc1. The number of aryl methyl sites for hydroxylation is 3. The topological polar surface area (TPSA) is 51.0 Å². The van der Waals surface area contributed by atoms with E-state index in [0.717, 1.165) is 51.0 Å². The van der Waals surface area contributed by atoms with Crippen LogP contribution in [0.4, 0.5) is 0 Å². The van der Waals surface area contributed by atoms with Gasteiger partial charge in [0.05, 0.1) is 0 Å². The molecule has 0 spiro atoms. The molecule has 0 atom stereocenters. The third-order valence-corrected chi connectivity index (χ3v) is 5.19. The predicted octanol–water partition coefficient (Wildman–Crippen LogP) is 3.24. The van der Waals surface area contributed by atoms with Crippen LogP contribution in [0.5, 0.6) is 0 Å². The maximum Gasteiger partial charge on any atom is 0.222 e. The highest BCUT2D eigenvalue weighted by Crippen LogP contribution is 2.26. The highest BCUT2D eigenvalue weighted by Gasteiger charge is 2.25. The van der Waals surface area contributed by atoms with Crippen molar-refractivity contribution in [1.82, 2.24) is 19.7 Å². The van der Waals surface area contributed by atoms with E-state index in [0.29, 0.717) is 18.2 Å². The Morgan fingerprint density at radius 3 is 2.52 bits per heavy atom. The van der Waals surface area contributed by atoms with Crippen LogP contribution in [0.2, 0.25) is 0 Å². The zero-order valence-electron chi connectivity index (χ0n) is 15.3. The molecule has 5 nitrogen and oxygen atoms in total. The lowest BCUT2D eigenvalue weighted by atomic mass is 9.95. The number of carbonyl (C=O) groups excluding carboxylic acids is 1. The number of hydrogen-bond donors (Lipinski definition) is 0. The Kier molecular flexibility index (Phi) is 5.84. The molecule has 2 heterocycles. The van der Waals surface area contributed by atoms with Gasteiger partial charge in [0.25, 0.3) is 0 Å². The lowest BCUT2D eigenvalue weighted by Gasteiger charge is -2.31. The second kappa shape index (κ2) is 8.28. The maximum atomic E-state index is 12.4. The molecule has 0 unspecified atom stereocenters. The number of benzene rings is 1. The molecule has 0 aliphatic carbocycles. The fourth-order valence-electron chi connectivity index (χ4n) is 3.57. The number of rotatable bonds is 6. The smallest absolute Gasteiger partial charge is 0.222 e. The highest BCUT2D eigenvalue weighted by atomic mass is 16.2. The van der Waals surface area contributed by atoms with Gasteiger partial charge in [-0.05, 0) is 44.6 Å². The summed E-state index contributed by atoms with van der Waals surface area (Å²) < 4.78 is 1.99. The van der Waals surface area contributed by atoms with Crippen molar-refractivity contribution in [3.63, 3.8) is 0 Å². The lowest BCUT2D eigenvalue weighted by Crippen LogP contribution is -2.38. The van der Waals surface area contributed by atoms with Gasteiger partial charge in [0.2, 0.25) is 5.91 Å². The van der Waals surface area contributed by atoms with Crippen molar-refractivity contribution in [2.24, 2.45) is 7.05 Å². The molecule has 1 amide bonds. The van der Waals surface area contributed by atoms with Gasteiger partial charge in [-0.2, -0.15) is 0 Å². The van der Waals surface area contributed by atoms with E-state index in [1.165, 1.54) is 11.1 Å². The average molecular weight is 340 g/mol. The molecule has 5 heteroatoms. The van der Waals surface area contributed by atoms with Crippen LogP contribution in [-0.4, -0.2) is 38.7 Å². The molecule has 0 N–H and O–H groups in total. The van der Waals surface area contributed by atoms with Crippen molar-refractivity contribution in [1.29, 1.82) is 0 Å². The fourth-order valence-corrected chi connectivity index (χ4v) is 3.57. The minimum absolute atomic E-state index is 0.306. The summed E-state index contributed by atoms with van der Waals surface area (Å²) in [6, 6.07) is 8.69. The van der Waals surface area contributed by atoms with Crippen LogP contribution in [0.3, 0.4) is 0 Å². The van der Waals surface area contributed by atoms with Crippen LogP contribution in [0.15, 0.2) is 30.6 Å². The summed E-state index contributed by atoms with van der Waals surface area (Å²) in [4.78, 5) is 14.4. The minimum Gasteiger partial charge on any atom is -0.343 e. The second-order valence-corrected chi connectivity index (χ2v) is 7.15. The van der Waals surface area contributed by atoms with E-state index >= 15 is 0 Å². The number of carbonyl (C=O) groups is 1. The van der Waals surface area contributed by atoms with Crippen LogP contribution in [0.25, 0.3) is 0 Å². The van der Waals surface area contributed by atoms with E-state index in [9.17, 15) is 4.79 Å². The Balaban J connectivity index is 1.36. The zero-order chi connectivity index (χ0) is 17.6. The normalized spacial score (nSPS) is 15.5. The van der Waals surface area contributed by atoms with Crippen molar-refractivity contribution in [3.05, 3.63) is 47.5 Å². The largest absolute Gasteiger partial charge is 0.343 e. The average Bonchev–Trinajstić information content (AvgIpc) is 3.06. The molecular weight excluding hydrogens is 312 g/mol. The third-order valence-electron chi connectivity index (χ3n) is 5.19. The van der Waals surface area contributed by atoms with Gasteiger partial charge in [-0.1, -0.05) is 29.8 Å². The van der Waals surface area contributed by atoms with Gasteiger partial charge in [-0.3, -0.25) is 4.79 Å². The molecule has 1 saturated heterocycles. The van der Waals surface area contributed by atoms with Gasteiger partial charge in [-0.25, -0.2) is 0 Å². The fraction of sp³-hybridized carbons (Fsp3) is 0.550. The first-order valence-electron chi connectivity index (χ1n) is 9.30. The molecule has 1 aromatic carbocycles. The number of likely N-dealkylation sites (tertiary alicyclic amines) is 1. The standard InChI is InChI=1S/C20H28N4O/c1-16-7-9-17(10-8-16)5-3-4-6-19(25)24-13-11-18(12-14-24)20-22-21-15-23(20)2/h7-10,15,18H,3-6,11-14H2,1-2H3. The quantitative estimate of drug-likeness (QED) is 0.759. The first-order valence-corrected chi connectivity index (χ1v) is 9.30. The molecule has 1 aliphatic rings. The summed E-state index contributed by atoms with van der Waals surface area (Å²) in [6.45, 7) is 3.79. The Labute approximate surface area is 150 Å². The Hall–Kier alpha value is -2.17. The molecule has 0 bridgehead atoms. The van der Waals surface area contributed by atoms with Crippen LogP contribution in [-0.2, 0) is 18.3 Å². The van der Waals surface area contributed by atoms with Crippen LogP contribution in [0, 0.1) is 6.92 Å². The van der Waals surface area contributed by atoms with E-state index < -0.39 is 0 Å². The summed E-state index contributed by atoms with van der Waals surface area (Å²) >= 11 is 0. The number of aromatic nitrogens is 3. The molecule has 3 rings (SSSR count). The highest BCUT2D eigenvalue weighted by molar-refractivity contribution is 5.76. The Bertz CT molecular complexity index is 684. The van der Waals surface area contributed by atoms with Gasteiger partial charge in [-0.15, -0.1) is 10.2 Å². The van der Waals surface area contributed by atoms with Crippen LogP contribution < -0.4 is 0 Å². The predicted molar refractivity (Wildman–Crippen MR) is 98.3 cm³/mol. The summed E-state index contributed by atoms with van der Waals surface area (Å²) in [5.41, 5.74) is 2.66. The first-order chi connectivity index (χ1) is 12.1. The molecule has 134 valence electrons. The second-order valence-electron chi connectivity index (χ2n) is 7.15. The summed E-state index contributed by atoms with van der Waals surface area (Å²) in [5, 5.41) is 8.18. The monoisotopic (exact) mass is 340 g/mol. The summed E-state index contributed by atoms with van der Waals surface area (Å²) in [6.07, 6.45) is 7.49. The van der Waals surface area contributed by atoms with E-state index in [4.69, 9.17) is 0 Å². The molecule has 0 saturated carbocycles. The number of unbranched alkanes of at least 4 members (excludes halogenated alkanes) is 1. The van der Waals surface area contributed by atoms with Crippen molar-refractivity contribution in [3.8, 4) is 0 Å². The van der Waals surface area contributed by atoms with Crippen LogP contribution >= 0.6 is 0 Å². The van der Waals surface area contributed by atoms with Crippen molar-refractivity contribution < 1.29 is 4.79 Å². The first kappa shape index (κ1) is 17.6. The minimum atomic E-state index is 0.306. The molecule has 1 aliphatic heterocycles. The van der Waals surface area contributed by atoms with Gasteiger partial charge < -0.3 is 9.47 Å². The van der Waals surface area contributed by atoms with Gasteiger partial charge in [0.15, 0.2) is 0 Å². The van der Waals surface area contributed by atoms with E-state index in [1.807, 2.05) is 16.5 Å². The molecule has 1 aromatic heterocycles. The third kappa shape index (κ3) is 4.68. The van der Waals surface area contributed by atoms with Crippen LogP contribution in [0.1, 0.15) is 55.0 Å². The van der Waals surface area contributed by atoms with Crippen molar-refractivity contribution >= 4 is 5.91 Å². The summed E-state index contributed by atoms with van der Waals surface area (Å²) in [7, 11) is 1.99. The molecule has 1 fully saturated rings. The number of nitrogens with zero attached hydrogens (tertiary/aromatic N) is 4. The lowest BCUT2D eigenvalue weighted by molar-refractivity contribution is -0.132.